The Hall–Kier alpha value is -1.85. The van der Waals surface area contributed by atoms with E-state index in [2.05, 4.69) is 9.88 Å². The molecule has 0 saturated carbocycles. The van der Waals surface area contributed by atoms with Crippen molar-refractivity contribution in [3.63, 3.8) is 0 Å². The van der Waals surface area contributed by atoms with Crippen LogP contribution in [0.3, 0.4) is 0 Å². The lowest BCUT2D eigenvalue weighted by molar-refractivity contribution is -0.122. The van der Waals surface area contributed by atoms with Crippen LogP contribution in [-0.4, -0.2) is 83.1 Å². The van der Waals surface area contributed by atoms with Gasteiger partial charge in [-0.1, -0.05) is 6.92 Å². The molecule has 1 aromatic heterocycles. The molecule has 174 valence electrons. The Balaban J connectivity index is 1.53. The monoisotopic (exact) mass is 439 g/mol. The highest BCUT2D eigenvalue weighted by atomic mass is 16.6. The molecule has 2 saturated heterocycles. The fraction of sp³-hybridized carbons (Fsp3) is 0.762. The first-order valence-electron chi connectivity index (χ1n) is 11.0. The highest BCUT2D eigenvalue weighted by Gasteiger charge is 2.45. The number of ketones is 1. The lowest BCUT2D eigenvalue weighted by Gasteiger charge is -2.26. The number of nitrogens with one attached hydrogen (secondary N) is 1. The van der Waals surface area contributed by atoms with Crippen LogP contribution in [0.15, 0.2) is 15.8 Å². The van der Waals surface area contributed by atoms with E-state index in [0.717, 1.165) is 39.3 Å². The smallest absolute Gasteiger partial charge is 0.330 e. The second kappa shape index (κ2) is 11.1. The minimum absolute atomic E-state index is 0.0994. The number of ether oxygens (including phenoxy) is 3. The van der Waals surface area contributed by atoms with Crippen molar-refractivity contribution < 1.29 is 24.1 Å². The summed E-state index contributed by atoms with van der Waals surface area (Å²) in [5.41, 5.74) is -0.740. The highest BCUT2D eigenvalue weighted by molar-refractivity contribution is 5.78. The number of H-pyrrole nitrogens is 1. The molecule has 0 spiro atoms. The first-order valence-corrected chi connectivity index (χ1v) is 11.0. The minimum Gasteiger partial charge on any atom is -0.388 e. The topological polar surface area (TPSA) is 123 Å². The normalized spacial score (nSPS) is 26.9. The molecule has 3 rings (SSSR count). The minimum atomic E-state index is -0.939. The van der Waals surface area contributed by atoms with Crippen LogP contribution in [0.2, 0.25) is 0 Å². The van der Waals surface area contributed by atoms with E-state index in [1.165, 1.54) is 10.8 Å². The third kappa shape index (κ3) is 6.11. The summed E-state index contributed by atoms with van der Waals surface area (Å²) in [5, 5.41) is 10.6. The van der Waals surface area contributed by atoms with E-state index in [0.29, 0.717) is 18.4 Å². The fourth-order valence-corrected chi connectivity index (χ4v) is 3.99. The number of aromatic nitrogens is 2. The lowest BCUT2D eigenvalue weighted by Crippen LogP contribution is -2.40. The number of Topliss-reactive ketones (excluding diaryl/α,β-unsaturated/α-hetero) is 1. The molecule has 2 aliphatic heterocycles. The Bertz CT molecular complexity index is 846. The van der Waals surface area contributed by atoms with Crippen molar-refractivity contribution in [1.29, 1.82) is 0 Å². The molecule has 0 amide bonds. The van der Waals surface area contributed by atoms with Gasteiger partial charge in [0.2, 0.25) is 0 Å². The third-order valence-corrected chi connectivity index (χ3v) is 5.86. The molecule has 2 fully saturated rings. The molecule has 0 aromatic carbocycles. The van der Waals surface area contributed by atoms with Crippen molar-refractivity contribution >= 4 is 5.78 Å². The Labute approximate surface area is 181 Å². The maximum absolute atomic E-state index is 12.3. The van der Waals surface area contributed by atoms with Gasteiger partial charge in [-0.3, -0.25) is 24.0 Å². The predicted molar refractivity (Wildman–Crippen MR) is 112 cm³/mol. The van der Waals surface area contributed by atoms with Gasteiger partial charge in [-0.05, 0) is 26.3 Å². The van der Waals surface area contributed by atoms with Gasteiger partial charge in [0, 0.05) is 37.7 Å². The number of aromatic amines is 1. The molecule has 31 heavy (non-hydrogen) atoms. The quantitative estimate of drug-likeness (QED) is 0.521. The molecule has 1 aromatic rings. The maximum Gasteiger partial charge on any atom is 0.330 e. The summed E-state index contributed by atoms with van der Waals surface area (Å²) in [4.78, 5) is 40.7. The van der Waals surface area contributed by atoms with E-state index < -0.39 is 35.8 Å². The molecular formula is C21H33N3O7. The van der Waals surface area contributed by atoms with Gasteiger partial charge in [-0.25, -0.2) is 4.79 Å². The Morgan fingerprint density at radius 3 is 2.74 bits per heavy atom. The first kappa shape index (κ1) is 23.8. The van der Waals surface area contributed by atoms with Crippen molar-refractivity contribution in [3.05, 3.63) is 32.6 Å². The van der Waals surface area contributed by atoms with Gasteiger partial charge in [0.05, 0.1) is 25.9 Å². The van der Waals surface area contributed by atoms with E-state index in [1.54, 1.807) is 6.92 Å². The van der Waals surface area contributed by atoms with Crippen molar-refractivity contribution in [2.24, 2.45) is 0 Å². The Kier molecular flexibility index (Phi) is 8.56. The summed E-state index contributed by atoms with van der Waals surface area (Å²) in [6, 6.07) is 0. The summed E-state index contributed by atoms with van der Waals surface area (Å²) in [7, 11) is 0. The predicted octanol–water partition coefficient (Wildman–Crippen LogP) is -0.0299. The number of rotatable bonds is 10. The number of nitrogens with zero attached hydrogens (tertiary/aromatic N) is 2. The number of aryl methyl sites for hydroxylation is 1. The summed E-state index contributed by atoms with van der Waals surface area (Å²) in [6.45, 7) is 7.75. The molecule has 0 aliphatic carbocycles. The molecule has 10 heteroatoms. The zero-order valence-corrected chi connectivity index (χ0v) is 18.2. The third-order valence-electron chi connectivity index (χ3n) is 5.86. The van der Waals surface area contributed by atoms with Crippen LogP contribution in [-0.2, 0) is 19.0 Å². The standard InChI is InChI=1S/C21H33N3O7/c1-3-16-17(26)18(20(31-16)24-13-14(2)19(27)22-21(24)28)30-10-6-15(25)5-4-7-23-8-11-29-12-9-23/h13,16-18,20,26H,3-12H2,1-2H3,(H,22,27,28)/t16-,17?,18+,20-/m1/s1. The van der Waals surface area contributed by atoms with E-state index in [-0.39, 0.29) is 18.8 Å². The van der Waals surface area contributed by atoms with Crippen molar-refractivity contribution in [3.8, 4) is 0 Å². The van der Waals surface area contributed by atoms with Gasteiger partial charge in [0.1, 0.15) is 18.0 Å². The second-order valence-electron chi connectivity index (χ2n) is 8.12. The van der Waals surface area contributed by atoms with Crippen LogP contribution in [0.4, 0.5) is 0 Å². The van der Waals surface area contributed by atoms with Crippen LogP contribution in [0.5, 0.6) is 0 Å². The number of morpholine rings is 1. The van der Waals surface area contributed by atoms with Crippen LogP contribution in [0, 0.1) is 6.92 Å². The molecule has 4 atom stereocenters. The van der Waals surface area contributed by atoms with Crippen LogP contribution >= 0.6 is 0 Å². The van der Waals surface area contributed by atoms with Gasteiger partial charge in [-0.15, -0.1) is 0 Å². The number of aliphatic hydroxyl groups is 1. The summed E-state index contributed by atoms with van der Waals surface area (Å²) in [5.74, 6) is 0.0994. The number of hydrogen-bond donors (Lipinski definition) is 2. The summed E-state index contributed by atoms with van der Waals surface area (Å²) >= 11 is 0. The van der Waals surface area contributed by atoms with Crippen molar-refractivity contribution in [1.82, 2.24) is 14.5 Å². The average molecular weight is 440 g/mol. The summed E-state index contributed by atoms with van der Waals surface area (Å²) in [6.07, 6.45) is 0.316. The zero-order chi connectivity index (χ0) is 22.4. The number of hydrogen-bond acceptors (Lipinski definition) is 8. The van der Waals surface area contributed by atoms with Crippen molar-refractivity contribution in [2.75, 3.05) is 39.5 Å². The molecular weight excluding hydrogens is 406 g/mol. The second-order valence-corrected chi connectivity index (χ2v) is 8.12. The van der Waals surface area contributed by atoms with Crippen LogP contribution in [0.25, 0.3) is 0 Å². The number of carbonyl (C=O) groups is 1. The SMILES string of the molecule is CC[C@H]1O[C@@H](n2cc(C)c(=O)[nH]c2=O)[C@@H](OCCC(=O)CCCN2CCOCC2)C1O. The van der Waals surface area contributed by atoms with E-state index >= 15 is 0 Å². The van der Waals surface area contributed by atoms with Gasteiger partial charge in [0.25, 0.3) is 5.56 Å². The lowest BCUT2D eigenvalue weighted by atomic mass is 10.1. The average Bonchev–Trinajstić information content (AvgIpc) is 3.07. The fourth-order valence-electron chi connectivity index (χ4n) is 3.99. The Morgan fingerprint density at radius 2 is 2.03 bits per heavy atom. The van der Waals surface area contributed by atoms with E-state index in [9.17, 15) is 19.5 Å². The van der Waals surface area contributed by atoms with Crippen molar-refractivity contribution in [2.45, 2.75) is 64.1 Å². The molecule has 2 N–H and O–H groups in total. The largest absolute Gasteiger partial charge is 0.388 e. The first-order chi connectivity index (χ1) is 14.9. The van der Waals surface area contributed by atoms with Gasteiger partial charge in [0.15, 0.2) is 6.23 Å². The molecule has 2 aliphatic rings. The Morgan fingerprint density at radius 1 is 1.29 bits per heavy atom. The summed E-state index contributed by atoms with van der Waals surface area (Å²) < 4.78 is 18.2. The maximum atomic E-state index is 12.3. The van der Waals surface area contributed by atoms with Gasteiger partial charge in [-0.2, -0.15) is 0 Å². The number of carbonyl (C=O) groups excluding carboxylic acids is 1. The molecule has 0 radical (unpaired) electrons. The molecule has 1 unspecified atom stereocenters. The van der Waals surface area contributed by atoms with E-state index in [1.807, 2.05) is 6.92 Å². The van der Waals surface area contributed by atoms with Gasteiger partial charge >= 0.3 is 5.69 Å². The van der Waals surface area contributed by atoms with E-state index in [4.69, 9.17) is 14.2 Å². The highest BCUT2D eigenvalue weighted by Crippen LogP contribution is 2.32. The number of aliphatic hydroxyl groups excluding tert-OH is 1. The zero-order valence-electron chi connectivity index (χ0n) is 18.2. The molecule has 3 heterocycles. The molecule has 0 bridgehead atoms. The van der Waals surface area contributed by atoms with Crippen LogP contribution in [0.1, 0.15) is 44.4 Å². The molecule has 10 nitrogen and oxygen atoms in total. The van der Waals surface area contributed by atoms with Gasteiger partial charge < -0.3 is 19.3 Å². The van der Waals surface area contributed by atoms with Crippen LogP contribution < -0.4 is 11.2 Å².